The highest BCUT2D eigenvalue weighted by Crippen LogP contribution is 2.30. The maximum atomic E-state index is 13.8. The third-order valence-electron chi connectivity index (χ3n) is 4.87. The number of nitriles is 1. The van der Waals surface area contributed by atoms with Gasteiger partial charge in [0.15, 0.2) is 0 Å². The molecule has 3 rings (SSSR count). The number of hydrogen-bond donors (Lipinski definition) is 0. The van der Waals surface area contributed by atoms with Crippen LogP contribution in [0.5, 0.6) is 0 Å². The van der Waals surface area contributed by atoms with Gasteiger partial charge in [0.05, 0.1) is 17.2 Å². The van der Waals surface area contributed by atoms with Crippen molar-refractivity contribution in [3.8, 4) is 6.07 Å². The van der Waals surface area contributed by atoms with Crippen molar-refractivity contribution in [3.63, 3.8) is 0 Å². The third kappa shape index (κ3) is 4.76. The lowest BCUT2D eigenvalue weighted by atomic mass is 10.1. The standard InChI is InChI=1S/C21H22Cl2FN3O/c1-14(2)27-13-19(7-8-28-27)26(12-16-9-17(24)4-6-20(16)22)18-5-3-15(11-25)21(23)10-18/h3-6,9-10,14,19H,7-8,12-13H2,1-2H3/t19-/m0/s1. The Morgan fingerprint density at radius 3 is 2.71 bits per heavy atom. The van der Waals surface area contributed by atoms with Crippen molar-refractivity contribution in [2.24, 2.45) is 0 Å². The molecule has 0 spiro atoms. The van der Waals surface area contributed by atoms with Gasteiger partial charge in [-0.2, -0.15) is 10.3 Å². The lowest BCUT2D eigenvalue weighted by Gasteiger charge is -2.41. The van der Waals surface area contributed by atoms with Crippen molar-refractivity contribution in [2.45, 2.75) is 38.9 Å². The molecule has 0 unspecified atom stereocenters. The van der Waals surface area contributed by atoms with Gasteiger partial charge in [0.1, 0.15) is 11.9 Å². The summed E-state index contributed by atoms with van der Waals surface area (Å²) >= 11 is 12.6. The molecule has 0 bridgehead atoms. The van der Waals surface area contributed by atoms with Gasteiger partial charge in [-0.1, -0.05) is 23.2 Å². The molecule has 1 fully saturated rings. The molecule has 1 heterocycles. The Kier molecular flexibility index (Phi) is 6.79. The first kappa shape index (κ1) is 20.9. The summed E-state index contributed by atoms with van der Waals surface area (Å²) in [6.45, 7) is 5.88. The first-order valence-corrected chi connectivity index (χ1v) is 9.94. The van der Waals surface area contributed by atoms with E-state index in [-0.39, 0.29) is 17.9 Å². The molecule has 28 heavy (non-hydrogen) atoms. The lowest BCUT2D eigenvalue weighted by molar-refractivity contribution is -0.203. The second kappa shape index (κ2) is 9.11. The summed E-state index contributed by atoms with van der Waals surface area (Å²) in [5.74, 6) is -0.326. The Morgan fingerprint density at radius 1 is 1.25 bits per heavy atom. The van der Waals surface area contributed by atoms with E-state index in [0.717, 1.165) is 12.1 Å². The monoisotopic (exact) mass is 421 g/mol. The van der Waals surface area contributed by atoms with Gasteiger partial charge < -0.3 is 4.90 Å². The molecule has 7 heteroatoms. The fraction of sp³-hybridized carbons (Fsp3) is 0.381. The predicted molar refractivity (Wildman–Crippen MR) is 110 cm³/mol. The quantitative estimate of drug-likeness (QED) is 0.645. The van der Waals surface area contributed by atoms with Gasteiger partial charge in [0.2, 0.25) is 0 Å². The summed E-state index contributed by atoms with van der Waals surface area (Å²) < 4.78 is 13.8. The first-order valence-electron chi connectivity index (χ1n) is 9.19. The number of rotatable bonds is 5. The highest BCUT2D eigenvalue weighted by Gasteiger charge is 2.28. The SMILES string of the molecule is CC(C)N1C[C@@H](N(Cc2cc(F)ccc2Cl)c2ccc(C#N)c(Cl)c2)CCO1. The van der Waals surface area contributed by atoms with Crippen LogP contribution < -0.4 is 4.90 Å². The third-order valence-corrected chi connectivity index (χ3v) is 5.55. The van der Waals surface area contributed by atoms with Crippen LogP contribution >= 0.6 is 23.2 Å². The van der Waals surface area contributed by atoms with Gasteiger partial charge in [-0.05, 0) is 62.2 Å². The van der Waals surface area contributed by atoms with Crippen molar-refractivity contribution in [1.82, 2.24) is 5.06 Å². The molecule has 1 aliphatic rings. The smallest absolute Gasteiger partial charge is 0.123 e. The molecule has 1 aliphatic heterocycles. The Balaban J connectivity index is 1.97. The molecule has 148 valence electrons. The molecule has 1 saturated heterocycles. The molecule has 0 aliphatic carbocycles. The molecule has 2 aromatic carbocycles. The minimum Gasteiger partial charge on any atom is -0.363 e. The lowest BCUT2D eigenvalue weighted by Crippen LogP contribution is -2.50. The van der Waals surface area contributed by atoms with Gasteiger partial charge in [-0.15, -0.1) is 0 Å². The average Bonchev–Trinajstić information content (AvgIpc) is 2.68. The molecule has 0 aromatic heterocycles. The van der Waals surface area contributed by atoms with Gasteiger partial charge in [0, 0.05) is 35.9 Å². The fourth-order valence-corrected chi connectivity index (χ4v) is 3.72. The van der Waals surface area contributed by atoms with E-state index in [1.54, 1.807) is 18.2 Å². The summed E-state index contributed by atoms with van der Waals surface area (Å²) in [6.07, 6.45) is 0.813. The van der Waals surface area contributed by atoms with E-state index in [1.807, 2.05) is 11.1 Å². The highest BCUT2D eigenvalue weighted by molar-refractivity contribution is 6.32. The van der Waals surface area contributed by atoms with Crippen LogP contribution in [-0.4, -0.2) is 30.3 Å². The van der Waals surface area contributed by atoms with Gasteiger partial charge in [0.25, 0.3) is 0 Å². The van der Waals surface area contributed by atoms with Gasteiger partial charge in [-0.3, -0.25) is 4.84 Å². The second-order valence-corrected chi connectivity index (χ2v) is 7.92. The molecular weight excluding hydrogens is 400 g/mol. The van der Waals surface area contributed by atoms with Crippen LogP contribution in [-0.2, 0) is 11.4 Å². The van der Waals surface area contributed by atoms with Crippen molar-refractivity contribution < 1.29 is 9.23 Å². The van der Waals surface area contributed by atoms with Crippen molar-refractivity contribution in [2.75, 3.05) is 18.1 Å². The molecule has 0 radical (unpaired) electrons. The summed E-state index contributed by atoms with van der Waals surface area (Å²) in [4.78, 5) is 7.92. The Labute approximate surface area is 175 Å². The number of hydroxylamine groups is 2. The van der Waals surface area contributed by atoms with Crippen LogP contribution in [0.25, 0.3) is 0 Å². The zero-order valence-corrected chi connectivity index (χ0v) is 17.3. The Bertz CT molecular complexity index is 884. The minimum absolute atomic E-state index is 0.125. The van der Waals surface area contributed by atoms with Crippen molar-refractivity contribution >= 4 is 28.9 Å². The van der Waals surface area contributed by atoms with Crippen LogP contribution in [0, 0.1) is 17.1 Å². The summed E-state index contributed by atoms with van der Waals surface area (Å²) in [5, 5.41) is 12.0. The molecule has 2 aromatic rings. The summed E-state index contributed by atoms with van der Waals surface area (Å²) in [5.41, 5.74) is 1.98. The van der Waals surface area contributed by atoms with Crippen molar-refractivity contribution in [1.29, 1.82) is 5.26 Å². The fourth-order valence-electron chi connectivity index (χ4n) is 3.32. The maximum Gasteiger partial charge on any atom is 0.123 e. The molecule has 0 saturated carbocycles. The normalized spacial score (nSPS) is 17.5. The summed E-state index contributed by atoms with van der Waals surface area (Å²) in [6, 6.07) is 12.2. The van der Waals surface area contributed by atoms with Crippen molar-refractivity contribution in [3.05, 3.63) is 63.4 Å². The molecule has 0 amide bonds. The highest BCUT2D eigenvalue weighted by atomic mass is 35.5. The molecule has 1 atom stereocenters. The topological polar surface area (TPSA) is 39.5 Å². The average molecular weight is 422 g/mol. The maximum absolute atomic E-state index is 13.8. The summed E-state index contributed by atoms with van der Waals surface area (Å²) in [7, 11) is 0. The number of anilines is 1. The van der Waals surface area contributed by atoms with Crippen LogP contribution in [0.2, 0.25) is 10.0 Å². The van der Waals surface area contributed by atoms with E-state index in [9.17, 15) is 4.39 Å². The van der Waals surface area contributed by atoms with E-state index in [2.05, 4.69) is 24.8 Å². The number of halogens is 3. The van der Waals surface area contributed by atoms with E-state index in [0.29, 0.717) is 40.9 Å². The number of nitrogens with zero attached hydrogens (tertiary/aromatic N) is 3. The number of hydrogen-bond acceptors (Lipinski definition) is 4. The van der Waals surface area contributed by atoms with Crippen LogP contribution in [0.4, 0.5) is 10.1 Å². The second-order valence-electron chi connectivity index (χ2n) is 7.11. The van der Waals surface area contributed by atoms with E-state index in [1.165, 1.54) is 12.1 Å². The zero-order valence-electron chi connectivity index (χ0n) is 15.8. The van der Waals surface area contributed by atoms with E-state index >= 15 is 0 Å². The minimum atomic E-state index is -0.326. The van der Waals surface area contributed by atoms with E-state index < -0.39 is 0 Å². The zero-order chi connectivity index (χ0) is 20.3. The Morgan fingerprint density at radius 2 is 2.04 bits per heavy atom. The molecular formula is C21H22Cl2FN3O. The first-order chi connectivity index (χ1) is 13.4. The van der Waals surface area contributed by atoms with Crippen LogP contribution in [0.15, 0.2) is 36.4 Å². The van der Waals surface area contributed by atoms with Gasteiger partial charge in [-0.25, -0.2) is 4.39 Å². The van der Waals surface area contributed by atoms with Crippen LogP contribution in [0.3, 0.4) is 0 Å². The van der Waals surface area contributed by atoms with E-state index in [4.69, 9.17) is 33.3 Å². The molecule has 0 N–H and O–H groups in total. The predicted octanol–water partition coefficient (Wildman–Crippen LogP) is 5.43. The van der Waals surface area contributed by atoms with Crippen LogP contribution in [0.1, 0.15) is 31.4 Å². The number of benzene rings is 2. The largest absolute Gasteiger partial charge is 0.363 e. The molecule has 4 nitrogen and oxygen atoms in total. The van der Waals surface area contributed by atoms with Gasteiger partial charge >= 0.3 is 0 Å². The Hall–Kier alpha value is -1.84.